The van der Waals surface area contributed by atoms with E-state index in [-0.39, 0.29) is 16.9 Å². The lowest BCUT2D eigenvalue weighted by Gasteiger charge is -2.12. The lowest BCUT2D eigenvalue weighted by molar-refractivity contribution is 0.0934. The SMILES string of the molecule is Cc1ccc(C(=O)NC(=S)NNC(=O)c2ccccc2I)cc1Br. The van der Waals surface area contributed by atoms with Gasteiger partial charge in [0, 0.05) is 13.6 Å². The van der Waals surface area contributed by atoms with Crippen LogP contribution in [0.1, 0.15) is 26.3 Å². The van der Waals surface area contributed by atoms with Gasteiger partial charge in [0.2, 0.25) is 0 Å². The first-order chi connectivity index (χ1) is 11.4. The average molecular weight is 518 g/mol. The number of amides is 2. The molecule has 0 bridgehead atoms. The Morgan fingerprint density at radius 2 is 1.79 bits per heavy atom. The second-order valence-electron chi connectivity index (χ2n) is 4.81. The third-order valence-corrected chi connectivity index (χ3v) is 5.07. The van der Waals surface area contributed by atoms with Gasteiger partial charge in [-0.25, -0.2) is 0 Å². The van der Waals surface area contributed by atoms with Crippen LogP contribution in [0.2, 0.25) is 0 Å². The maximum atomic E-state index is 12.1. The minimum absolute atomic E-state index is 0.0102. The number of halogens is 2. The Balaban J connectivity index is 1.91. The van der Waals surface area contributed by atoms with Crippen LogP contribution in [0.3, 0.4) is 0 Å². The summed E-state index contributed by atoms with van der Waals surface area (Å²) in [6.45, 7) is 1.93. The fourth-order valence-corrected chi connectivity index (χ4v) is 2.92. The minimum Gasteiger partial charge on any atom is -0.298 e. The van der Waals surface area contributed by atoms with Crippen LogP contribution >= 0.6 is 50.7 Å². The van der Waals surface area contributed by atoms with E-state index in [0.717, 1.165) is 13.6 Å². The fourth-order valence-electron chi connectivity index (χ4n) is 1.77. The molecule has 0 aliphatic carbocycles. The van der Waals surface area contributed by atoms with Crippen molar-refractivity contribution >= 4 is 67.7 Å². The van der Waals surface area contributed by atoms with E-state index in [4.69, 9.17) is 12.2 Å². The molecule has 0 radical (unpaired) electrons. The van der Waals surface area contributed by atoms with Crippen molar-refractivity contribution in [2.45, 2.75) is 6.92 Å². The van der Waals surface area contributed by atoms with Crippen molar-refractivity contribution in [2.24, 2.45) is 0 Å². The molecule has 5 nitrogen and oxygen atoms in total. The first-order valence-corrected chi connectivity index (χ1v) is 9.09. The quantitative estimate of drug-likeness (QED) is 0.325. The predicted octanol–water partition coefficient (Wildman–Crippen LogP) is 3.31. The number of hydrogen-bond acceptors (Lipinski definition) is 3. The molecule has 0 atom stereocenters. The summed E-state index contributed by atoms with van der Waals surface area (Å²) in [5.74, 6) is -0.702. The third-order valence-electron chi connectivity index (χ3n) is 3.07. The molecule has 124 valence electrons. The Kier molecular flexibility index (Phi) is 6.69. The van der Waals surface area contributed by atoms with Crippen molar-refractivity contribution in [1.29, 1.82) is 0 Å². The highest BCUT2D eigenvalue weighted by atomic mass is 127. The summed E-state index contributed by atoms with van der Waals surface area (Å²) in [6, 6.07) is 12.4. The summed E-state index contributed by atoms with van der Waals surface area (Å²) < 4.78 is 1.65. The van der Waals surface area contributed by atoms with E-state index in [2.05, 4.69) is 54.7 Å². The highest BCUT2D eigenvalue weighted by Gasteiger charge is 2.11. The van der Waals surface area contributed by atoms with Crippen LogP contribution in [-0.4, -0.2) is 16.9 Å². The molecule has 2 amide bonds. The Hall–Kier alpha value is -1.52. The third kappa shape index (κ3) is 4.99. The number of carbonyl (C=O) groups is 2. The summed E-state index contributed by atoms with van der Waals surface area (Å²) in [7, 11) is 0. The Labute approximate surface area is 166 Å². The second kappa shape index (κ2) is 8.54. The zero-order valence-corrected chi connectivity index (χ0v) is 17.1. The first kappa shape index (κ1) is 18.8. The minimum atomic E-state index is -0.364. The molecule has 8 heteroatoms. The van der Waals surface area contributed by atoms with Gasteiger partial charge in [-0.1, -0.05) is 34.1 Å². The molecule has 0 aromatic heterocycles. The number of nitrogens with one attached hydrogen (secondary N) is 3. The highest BCUT2D eigenvalue weighted by molar-refractivity contribution is 14.1. The predicted molar refractivity (Wildman–Crippen MR) is 109 cm³/mol. The zero-order chi connectivity index (χ0) is 17.7. The van der Waals surface area contributed by atoms with Gasteiger partial charge in [-0.15, -0.1) is 0 Å². The molecule has 24 heavy (non-hydrogen) atoms. The fraction of sp³-hybridized carbons (Fsp3) is 0.0625. The van der Waals surface area contributed by atoms with Crippen LogP contribution in [0, 0.1) is 10.5 Å². The monoisotopic (exact) mass is 517 g/mol. The van der Waals surface area contributed by atoms with Gasteiger partial charge >= 0.3 is 0 Å². The normalized spacial score (nSPS) is 9.96. The van der Waals surface area contributed by atoms with E-state index in [0.29, 0.717) is 11.1 Å². The van der Waals surface area contributed by atoms with Crippen LogP contribution in [0.15, 0.2) is 46.9 Å². The van der Waals surface area contributed by atoms with Gasteiger partial charge in [0.25, 0.3) is 11.8 Å². The zero-order valence-electron chi connectivity index (χ0n) is 12.5. The van der Waals surface area contributed by atoms with Crippen molar-refractivity contribution < 1.29 is 9.59 Å². The van der Waals surface area contributed by atoms with Crippen molar-refractivity contribution in [3.8, 4) is 0 Å². The van der Waals surface area contributed by atoms with E-state index >= 15 is 0 Å². The van der Waals surface area contributed by atoms with Gasteiger partial charge in [-0.3, -0.25) is 25.8 Å². The van der Waals surface area contributed by atoms with E-state index < -0.39 is 0 Å². The molecule has 0 heterocycles. The number of benzene rings is 2. The molecule has 2 aromatic carbocycles. The van der Waals surface area contributed by atoms with Gasteiger partial charge in [0.05, 0.1) is 5.56 Å². The standard InChI is InChI=1S/C16H13BrIN3O2S/c1-9-6-7-10(8-12(9)17)14(22)19-16(24)21-20-15(23)11-4-2-3-5-13(11)18/h2-8H,1H3,(H,20,23)(H2,19,21,22,24). The molecule has 0 saturated carbocycles. The molecule has 0 spiro atoms. The molecule has 0 unspecified atom stereocenters. The number of thiocarbonyl (C=S) groups is 1. The summed E-state index contributed by atoms with van der Waals surface area (Å²) in [6.07, 6.45) is 0. The van der Waals surface area contributed by atoms with Crippen LogP contribution in [0.25, 0.3) is 0 Å². The van der Waals surface area contributed by atoms with Gasteiger partial charge in [0.1, 0.15) is 0 Å². The molecule has 0 aliphatic rings. The lowest BCUT2D eigenvalue weighted by atomic mass is 10.1. The summed E-state index contributed by atoms with van der Waals surface area (Å²) in [5.41, 5.74) is 6.98. The molecule has 2 aromatic rings. The topological polar surface area (TPSA) is 70.2 Å². The smallest absolute Gasteiger partial charge is 0.270 e. The molecular weight excluding hydrogens is 505 g/mol. The van der Waals surface area contributed by atoms with Crippen molar-refractivity contribution in [3.05, 3.63) is 67.2 Å². The maximum absolute atomic E-state index is 12.1. The van der Waals surface area contributed by atoms with Gasteiger partial charge < -0.3 is 0 Å². The number of rotatable bonds is 2. The van der Waals surface area contributed by atoms with Gasteiger partial charge in [-0.2, -0.15) is 0 Å². The Bertz CT molecular complexity index is 814. The van der Waals surface area contributed by atoms with E-state index in [9.17, 15) is 9.59 Å². The highest BCUT2D eigenvalue weighted by Crippen LogP contribution is 2.17. The molecular formula is C16H13BrIN3O2S. The molecule has 0 aliphatic heterocycles. The number of aryl methyl sites for hydroxylation is 1. The number of hydrazine groups is 1. The van der Waals surface area contributed by atoms with E-state index in [1.54, 1.807) is 24.3 Å². The van der Waals surface area contributed by atoms with Crippen LogP contribution < -0.4 is 16.2 Å². The summed E-state index contributed by atoms with van der Waals surface area (Å²) in [4.78, 5) is 24.2. The summed E-state index contributed by atoms with van der Waals surface area (Å²) in [5, 5.41) is 2.52. The lowest BCUT2D eigenvalue weighted by Crippen LogP contribution is -2.48. The number of carbonyl (C=O) groups excluding carboxylic acids is 2. The van der Waals surface area contributed by atoms with E-state index in [1.165, 1.54) is 0 Å². The maximum Gasteiger partial charge on any atom is 0.270 e. The summed E-state index contributed by atoms with van der Waals surface area (Å²) >= 11 is 10.5. The van der Waals surface area contributed by atoms with Crippen LogP contribution in [-0.2, 0) is 0 Å². The largest absolute Gasteiger partial charge is 0.298 e. The van der Waals surface area contributed by atoms with Crippen molar-refractivity contribution in [1.82, 2.24) is 16.2 Å². The Morgan fingerprint density at radius 3 is 2.46 bits per heavy atom. The molecule has 0 saturated heterocycles. The van der Waals surface area contributed by atoms with Crippen LogP contribution in [0.4, 0.5) is 0 Å². The van der Waals surface area contributed by atoms with E-state index in [1.807, 2.05) is 25.1 Å². The number of hydrogen-bond donors (Lipinski definition) is 3. The first-order valence-electron chi connectivity index (χ1n) is 6.81. The molecule has 0 fully saturated rings. The van der Waals surface area contributed by atoms with Crippen molar-refractivity contribution in [3.63, 3.8) is 0 Å². The van der Waals surface area contributed by atoms with Crippen LogP contribution in [0.5, 0.6) is 0 Å². The van der Waals surface area contributed by atoms with Gasteiger partial charge in [-0.05, 0) is 71.6 Å². The molecule has 2 rings (SSSR count). The average Bonchev–Trinajstić information content (AvgIpc) is 2.55. The van der Waals surface area contributed by atoms with Crippen molar-refractivity contribution in [2.75, 3.05) is 0 Å². The van der Waals surface area contributed by atoms with Gasteiger partial charge in [0.15, 0.2) is 5.11 Å². The Morgan fingerprint density at radius 1 is 1.08 bits per heavy atom. The second-order valence-corrected chi connectivity index (χ2v) is 7.23. The molecule has 3 N–H and O–H groups in total.